The lowest BCUT2D eigenvalue weighted by Gasteiger charge is -2.28. The Morgan fingerprint density at radius 2 is 2.14 bits per heavy atom. The summed E-state index contributed by atoms with van der Waals surface area (Å²) >= 11 is 0. The number of aromatic carboxylic acids is 1. The van der Waals surface area contributed by atoms with Gasteiger partial charge in [-0.1, -0.05) is 0 Å². The zero-order valence-electron chi connectivity index (χ0n) is 12.5. The van der Waals surface area contributed by atoms with Crippen LogP contribution in [-0.4, -0.2) is 48.5 Å². The molecule has 0 aromatic heterocycles. The van der Waals surface area contributed by atoms with Crippen molar-refractivity contribution in [3.05, 3.63) is 23.8 Å². The van der Waals surface area contributed by atoms with Gasteiger partial charge in [0, 0.05) is 25.9 Å². The number of benzene rings is 1. The molecule has 0 spiro atoms. The minimum Gasteiger partial charge on any atom is -0.497 e. The topological polar surface area (TPSA) is 95.9 Å². The fourth-order valence-corrected chi connectivity index (χ4v) is 2.34. The molecule has 0 saturated carbocycles. The summed E-state index contributed by atoms with van der Waals surface area (Å²) in [5, 5.41) is 11.8. The summed E-state index contributed by atoms with van der Waals surface area (Å²) in [6, 6.07) is 4.40. The van der Waals surface area contributed by atoms with E-state index >= 15 is 0 Å². The fourth-order valence-electron chi connectivity index (χ4n) is 2.34. The van der Waals surface area contributed by atoms with Crippen molar-refractivity contribution in [1.82, 2.24) is 4.90 Å². The first-order chi connectivity index (χ1) is 10.4. The number of nitrogens with one attached hydrogen (secondary N) is 1. The molecule has 1 aromatic rings. The van der Waals surface area contributed by atoms with E-state index < -0.39 is 11.9 Å². The summed E-state index contributed by atoms with van der Waals surface area (Å²) in [5.41, 5.74) is 0.150. The number of methoxy groups -OCH3 is 1. The van der Waals surface area contributed by atoms with Crippen molar-refractivity contribution in [2.24, 2.45) is 5.92 Å². The van der Waals surface area contributed by atoms with Crippen LogP contribution in [0, 0.1) is 5.92 Å². The molecule has 7 nitrogen and oxygen atoms in total. The molecule has 1 unspecified atom stereocenters. The Bertz CT molecular complexity index is 614. The molecule has 1 saturated heterocycles. The number of carbonyl (C=O) groups is 3. The molecule has 0 bridgehead atoms. The number of carboxylic acids is 1. The van der Waals surface area contributed by atoms with Crippen LogP contribution in [0.4, 0.5) is 5.69 Å². The Hall–Kier alpha value is -2.57. The molecule has 0 aliphatic carbocycles. The number of anilines is 1. The van der Waals surface area contributed by atoms with E-state index in [0.717, 1.165) is 0 Å². The number of ether oxygens (including phenoxy) is 1. The maximum absolute atomic E-state index is 12.2. The number of piperidine rings is 1. The first-order valence-corrected chi connectivity index (χ1v) is 6.88. The van der Waals surface area contributed by atoms with Crippen molar-refractivity contribution in [1.29, 1.82) is 0 Å². The molecule has 1 aliphatic heterocycles. The van der Waals surface area contributed by atoms with Gasteiger partial charge in [-0.15, -0.1) is 0 Å². The molecular weight excluding hydrogens is 288 g/mol. The average molecular weight is 306 g/mol. The SMILES string of the molecule is COc1ccc(NC(=O)C2CCN(C)C(=O)C2)c(C(=O)O)c1. The Morgan fingerprint density at radius 3 is 2.73 bits per heavy atom. The van der Waals surface area contributed by atoms with Gasteiger partial charge in [-0.05, 0) is 24.6 Å². The second kappa shape index (κ2) is 6.46. The molecular formula is C15H18N2O5. The van der Waals surface area contributed by atoms with Gasteiger partial charge in [0.15, 0.2) is 0 Å². The summed E-state index contributed by atoms with van der Waals surface area (Å²) in [7, 11) is 3.13. The van der Waals surface area contributed by atoms with Gasteiger partial charge in [0.25, 0.3) is 0 Å². The summed E-state index contributed by atoms with van der Waals surface area (Å²) in [5.74, 6) is -1.63. The maximum atomic E-state index is 12.2. The van der Waals surface area contributed by atoms with Crippen molar-refractivity contribution in [2.75, 3.05) is 26.0 Å². The lowest BCUT2D eigenvalue weighted by molar-refractivity contribution is -0.137. The standard InChI is InChI=1S/C15H18N2O5/c1-17-6-5-9(7-13(17)18)14(19)16-12-4-3-10(22-2)8-11(12)15(20)21/h3-4,8-9H,5-7H2,1-2H3,(H,16,19)(H,20,21). The van der Waals surface area contributed by atoms with Crippen molar-refractivity contribution < 1.29 is 24.2 Å². The Labute approximate surface area is 127 Å². The molecule has 1 atom stereocenters. The van der Waals surface area contributed by atoms with Crippen molar-refractivity contribution in [2.45, 2.75) is 12.8 Å². The highest BCUT2D eigenvalue weighted by atomic mass is 16.5. The van der Waals surface area contributed by atoms with E-state index in [1.807, 2.05) is 0 Å². The van der Waals surface area contributed by atoms with Crippen LogP contribution < -0.4 is 10.1 Å². The predicted molar refractivity (Wildman–Crippen MR) is 78.9 cm³/mol. The van der Waals surface area contributed by atoms with Gasteiger partial charge in [-0.25, -0.2) is 4.79 Å². The summed E-state index contributed by atoms with van der Waals surface area (Å²) in [6.07, 6.45) is 0.702. The van der Waals surface area contributed by atoms with Crippen molar-refractivity contribution in [3.63, 3.8) is 0 Å². The zero-order chi connectivity index (χ0) is 16.3. The molecule has 1 aliphatic rings. The van der Waals surface area contributed by atoms with E-state index in [-0.39, 0.29) is 29.5 Å². The maximum Gasteiger partial charge on any atom is 0.337 e. The minimum atomic E-state index is -1.16. The zero-order valence-corrected chi connectivity index (χ0v) is 12.5. The van der Waals surface area contributed by atoms with Crippen LogP contribution in [0.15, 0.2) is 18.2 Å². The van der Waals surface area contributed by atoms with Crippen LogP contribution in [-0.2, 0) is 9.59 Å². The summed E-state index contributed by atoms with van der Waals surface area (Å²) in [4.78, 5) is 36.8. The van der Waals surface area contributed by atoms with E-state index in [1.165, 1.54) is 19.2 Å². The van der Waals surface area contributed by atoms with Gasteiger partial charge < -0.3 is 20.1 Å². The van der Waals surface area contributed by atoms with Gasteiger partial charge in [0.05, 0.1) is 18.4 Å². The first kappa shape index (κ1) is 15.8. The van der Waals surface area contributed by atoms with Crippen molar-refractivity contribution in [3.8, 4) is 5.75 Å². The van der Waals surface area contributed by atoms with Gasteiger partial charge in [0.2, 0.25) is 11.8 Å². The van der Waals surface area contributed by atoms with E-state index in [2.05, 4.69) is 5.32 Å². The van der Waals surface area contributed by atoms with E-state index in [1.54, 1.807) is 18.0 Å². The molecule has 7 heteroatoms. The number of hydrogen-bond donors (Lipinski definition) is 2. The highest BCUT2D eigenvalue weighted by Gasteiger charge is 2.29. The second-order valence-corrected chi connectivity index (χ2v) is 5.21. The number of nitrogens with zero attached hydrogens (tertiary/aromatic N) is 1. The number of amides is 2. The third-order valence-corrected chi connectivity index (χ3v) is 3.75. The highest BCUT2D eigenvalue weighted by molar-refractivity contribution is 6.02. The number of likely N-dealkylation sites (tertiary alicyclic amines) is 1. The van der Waals surface area contributed by atoms with Crippen LogP contribution in [0.3, 0.4) is 0 Å². The first-order valence-electron chi connectivity index (χ1n) is 6.88. The quantitative estimate of drug-likeness (QED) is 0.871. The average Bonchev–Trinajstić information content (AvgIpc) is 2.50. The molecule has 22 heavy (non-hydrogen) atoms. The van der Waals surface area contributed by atoms with Gasteiger partial charge in [0.1, 0.15) is 5.75 Å². The van der Waals surface area contributed by atoms with E-state index in [9.17, 15) is 19.5 Å². The molecule has 1 fully saturated rings. The summed E-state index contributed by atoms with van der Waals surface area (Å²) in [6.45, 7) is 0.519. The minimum absolute atomic E-state index is 0.0491. The Morgan fingerprint density at radius 1 is 1.41 bits per heavy atom. The van der Waals surface area contributed by atoms with Crippen LogP contribution in [0.5, 0.6) is 5.75 Å². The monoisotopic (exact) mass is 306 g/mol. The largest absolute Gasteiger partial charge is 0.497 e. The molecule has 1 aromatic carbocycles. The highest BCUT2D eigenvalue weighted by Crippen LogP contribution is 2.24. The third-order valence-electron chi connectivity index (χ3n) is 3.75. The summed E-state index contributed by atoms with van der Waals surface area (Å²) < 4.78 is 4.98. The van der Waals surface area contributed by atoms with Crippen LogP contribution in [0.1, 0.15) is 23.2 Å². The Kier molecular flexibility index (Phi) is 4.65. The Balaban J connectivity index is 2.14. The number of rotatable bonds is 4. The molecule has 2 amide bonds. The lowest BCUT2D eigenvalue weighted by atomic mass is 9.95. The van der Waals surface area contributed by atoms with E-state index in [0.29, 0.717) is 18.7 Å². The molecule has 1 heterocycles. The van der Waals surface area contributed by atoms with Crippen LogP contribution in [0.2, 0.25) is 0 Å². The molecule has 2 N–H and O–H groups in total. The van der Waals surface area contributed by atoms with Crippen molar-refractivity contribution >= 4 is 23.5 Å². The normalized spacial score (nSPS) is 18.0. The predicted octanol–water partition coefficient (Wildman–Crippen LogP) is 1.20. The van der Waals surface area contributed by atoms with Gasteiger partial charge in [-0.3, -0.25) is 9.59 Å². The van der Waals surface area contributed by atoms with Gasteiger partial charge >= 0.3 is 5.97 Å². The lowest BCUT2D eigenvalue weighted by Crippen LogP contribution is -2.40. The molecule has 0 radical (unpaired) electrons. The fraction of sp³-hybridized carbons (Fsp3) is 0.400. The van der Waals surface area contributed by atoms with E-state index in [4.69, 9.17) is 4.74 Å². The second-order valence-electron chi connectivity index (χ2n) is 5.21. The number of carbonyl (C=O) groups excluding carboxylic acids is 2. The smallest absolute Gasteiger partial charge is 0.337 e. The number of hydrogen-bond acceptors (Lipinski definition) is 4. The number of carboxylic acid groups (broad SMARTS) is 1. The van der Waals surface area contributed by atoms with Crippen LogP contribution in [0.25, 0.3) is 0 Å². The van der Waals surface area contributed by atoms with Crippen LogP contribution >= 0.6 is 0 Å². The molecule has 118 valence electrons. The third kappa shape index (κ3) is 3.36. The van der Waals surface area contributed by atoms with Gasteiger partial charge in [-0.2, -0.15) is 0 Å². The molecule has 2 rings (SSSR count).